The third-order valence-corrected chi connectivity index (χ3v) is 3.71. The highest BCUT2D eigenvalue weighted by Crippen LogP contribution is 2.35. The van der Waals surface area contributed by atoms with Crippen molar-refractivity contribution in [1.29, 1.82) is 0 Å². The summed E-state index contributed by atoms with van der Waals surface area (Å²) in [4.78, 5) is 0. The number of hydrogen-bond donors (Lipinski definition) is 2. The van der Waals surface area contributed by atoms with E-state index in [1.807, 2.05) is 38.1 Å². The molecule has 1 aromatic heterocycles. The van der Waals surface area contributed by atoms with Crippen LogP contribution in [0.25, 0.3) is 0 Å². The molecule has 0 fully saturated rings. The monoisotopic (exact) mass is 339 g/mol. The van der Waals surface area contributed by atoms with Crippen LogP contribution in [0.5, 0.6) is 11.5 Å². The largest absolute Gasteiger partial charge is 0.503 e. The maximum Gasteiger partial charge on any atom is 0.172 e. The number of hydrogen-bond acceptors (Lipinski definition) is 4. The van der Waals surface area contributed by atoms with Crippen LogP contribution >= 0.6 is 15.9 Å². The van der Waals surface area contributed by atoms with Gasteiger partial charge in [-0.15, -0.1) is 0 Å². The number of ether oxygens (including phenoxy) is 1. The molecule has 1 unspecified atom stereocenters. The number of aromatic hydroxyl groups is 1. The van der Waals surface area contributed by atoms with Gasteiger partial charge in [-0.1, -0.05) is 0 Å². The molecule has 0 amide bonds. The van der Waals surface area contributed by atoms with Gasteiger partial charge < -0.3 is 19.6 Å². The first-order valence-corrected chi connectivity index (χ1v) is 7.15. The van der Waals surface area contributed by atoms with E-state index in [9.17, 15) is 5.11 Å². The lowest BCUT2D eigenvalue weighted by Gasteiger charge is -2.13. The average Bonchev–Trinajstić information content (AvgIpc) is 2.86. The Morgan fingerprint density at radius 3 is 2.75 bits per heavy atom. The third-order valence-electron chi connectivity index (χ3n) is 3.11. The second-order valence-corrected chi connectivity index (χ2v) is 5.53. The van der Waals surface area contributed by atoms with Crippen molar-refractivity contribution in [3.05, 3.63) is 45.8 Å². The molecule has 0 spiro atoms. The number of furan rings is 1. The lowest BCUT2D eigenvalue weighted by atomic mass is 10.1. The zero-order valence-corrected chi connectivity index (χ0v) is 13.3. The Morgan fingerprint density at radius 1 is 1.40 bits per heavy atom. The Hall–Kier alpha value is -1.46. The SMILES string of the molecule is COc1cc(CNC(C)c2ccc(C)o2)cc(Br)c1O. The second-order valence-electron chi connectivity index (χ2n) is 4.68. The Bertz CT molecular complexity index is 595. The van der Waals surface area contributed by atoms with E-state index in [-0.39, 0.29) is 11.8 Å². The molecule has 0 aliphatic heterocycles. The van der Waals surface area contributed by atoms with Crippen LogP contribution in [0, 0.1) is 6.92 Å². The van der Waals surface area contributed by atoms with Crippen LogP contribution in [0.15, 0.2) is 33.2 Å². The molecule has 2 rings (SSSR count). The summed E-state index contributed by atoms with van der Waals surface area (Å²) in [5, 5.41) is 13.1. The molecule has 0 saturated heterocycles. The van der Waals surface area contributed by atoms with Gasteiger partial charge in [-0.2, -0.15) is 0 Å². The van der Waals surface area contributed by atoms with Crippen molar-refractivity contribution in [1.82, 2.24) is 5.32 Å². The van der Waals surface area contributed by atoms with Crippen molar-refractivity contribution in [2.75, 3.05) is 7.11 Å². The van der Waals surface area contributed by atoms with E-state index in [2.05, 4.69) is 21.2 Å². The molecule has 0 aliphatic carbocycles. The molecular formula is C15H18BrNO3. The topological polar surface area (TPSA) is 54.6 Å². The van der Waals surface area contributed by atoms with Crippen molar-refractivity contribution in [3.63, 3.8) is 0 Å². The van der Waals surface area contributed by atoms with Crippen LogP contribution < -0.4 is 10.1 Å². The number of nitrogens with one attached hydrogen (secondary N) is 1. The molecule has 4 nitrogen and oxygen atoms in total. The standard InChI is InChI=1S/C15H18BrNO3/c1-9-4-5-13(20-9)10(2)17-8-11-6-12(16)15(18)14(7-11)19-3/h4-7,10,17-18H,8H2,1-3H3. The first-order chi connectivity index (χ1) is 9.51. The lowest BCUT2D eigenvalue weighted by molar-refractivity contribution is 0.370. The zero-order chi connectivity index (χ0) is 14.7. The van der Waals surface area contributed by atoms with E-state index in [4.69, 9.17) is 9.15 Å². The van der Waals surface area contributed by atoms with Crippen LogP contribution in [-0.2, 0) is 6.54 Å². The van der Waals surface area contributed by atoms with Gasteiger partial charge in [0, 0.05) is 6.54 Å². The maximum atomic E-state index is 9.77. The molecular weight excluding hydrogens is 322 g/mol. The summed E-state index contributed by atoms with van der Waals surface area (Å²) in [6, 6.07) is 7.72. The molecule has 0 bridgehead atoms. The Balaban J connectivity index is 2.05. The molecule has 0 aliphatic rings. The van der Waals surface area contributed by atoms with Gasteiger partial charge in [-0.25, -0.2) is 0 Å². The predicted octanol–water partition coefficient (Wildman–Crippen LogP) is 3.92. The number of halogens is 1. The van der Waals surface area contributed by atoms with Crippen molar-refractivity contribution in [3.8, 4) is 11.5 Å². The molecule has 108 valence electrons. The van der Waals surface area contributed by atoms with Gasteiger partial charge in [0.05, 0.1) is 17.6 Å². The number of phenolic OH excluding ortho intramolecular Hbond substituents is 1. The number of methoxy groups -OCH3 is 1. The lowest BCUT2D eigenvalue weighted by Crippen LogP contribution is -2.17. The number of benzene rings is 1. The molecule has 1 aromatic carbocycles. The van der Waals surface area contributed by atoms with Crippen molar-refractivity contribution in [2.45, 2.75) is 26.4 Å². The third kappa shape index (κ3) is 3.35. The van der Waals surface area contributed by atoms with Crippen molar-refractivity contribution < 1.29 is 14.3 Å². The molecule has 0 radical (unpaired) electrons. The Morgan fingerprint density at radius 2 is 2.15 bits per heavy atom. The van der Waals surface area contributed by atoms with Crippen LogP contribution in [0.3, 0.4) is 0 Å². The summed E-state index contributed by atoms with van der Waals surface area (Å²) in [5.74, 6) is 2.39. The fourth-order valence-corrected chi connectivity index (χ4v) is 2.43. The highest BCUT2D eigenvalue weighted by atomic mass is 79.9. The van der Waals surface area contributed by atoms with Crippen LogP contribution in [-0.4, -0.2) is 12.2 Å². The van der Waals surface area contributed by atoms with Crippen LogP contribution in [0.4, 0.5) is 0 Å². The summed E-state index contributed by atoms with van der Waals surface area (Å²) in [6.45, 7) is 4.62. The first kappa shape index (κ1) is 14.9. The maximum absolute atomic E-state index is 9.77. The quantitative estimate of drug-likeness (QED) is 0.866. The molecule has 5 heteroatoms. The highest BCUT2D eigenvalue weighted by Gasteiger charge is 2.11. The smallest absolute Gasteiger partial charge is 0.172 e. The fraction of sp³-hybridized carbons (Fsp3) is 0.333. The highest BCUT2D eigenvalue weighted by molar-refractivity contribution is 9.10. The van der Waals surface area contributed by atoms with Gasteiger partial charge in [0.2, 0.25) is 0 Å². The number of rotatable bonds is 5. The molecule has 1 atom stereocenters. The summed E-state index contributed by atoms with van der Waals surface area (Å²) in [7, 11) is 1.53. The van der Waals surface area contributed by atoms with E-state index in [1.54, 1.807) is 0 Å². The van der Waals surface area contributed by atoms with Gasteiger partial charge in [-0.3, -0.25) is 0 Å². The normalized spacial score (nSPS) is 12.4. The molecule has 20 heavy (non-hydrogen) atoms. The van der Waals surface area contributed by atoms with E-state index in [1.165, 1.54) is 7.11 Å². The number of phenols is 1. The summed E-state index contributed by atoms with van der Waals surface area (Å²) >= 11 is 3.32. The van der Waals surface area contributed by atoms with E-state index in [0.29, 0.717) is 16.8 Å². The van der Waals surface area contributed by atoms with Gasteiger partial charge in [0.25, 0.3) is 0 Å². The van der Waals surface area contributed by atoms with E-state index < -0.39 is 0 Å². The van der Waals surface area contributed by atoms with Gasteiger partial charge >= 0.3 is 0 Å². The minimum absolute atomic E-state index is 0.113. The minimum Gasteiger partial charge on any atom is -0.503 e. The summed E-state index contributed by atoms with van der Waals surface area (Å²) < 4.78 is 11.3. The average molecular weight is 340 g/mol. The van der Waals surface area contributed by atoms with E-state index in [0.717, 1.165) is 17.1 Å². The van der Waals surface area contributed by atoms with Gasteiger partial charge in [0.1, 0.15) is 11.5 Å². The Kier molecular flexibility index (Phi) is 4.73. The first-order valence-electron chi connectivity index (χ1n) is 6.36. The Labute approximate surface area is 126 Å². The zero-order valence-electron chi connectivity index (χ0n) is 11.7. The number of aryl methyl sites for hydroxylation is 1. The molecule has 0 saturated carbocycles. The second kappa shape index (κ2) is 6.33. The minimum atomic E-state index is 0.113. The van der Waals surface area contributed by atoms with Gasteiger partial charge in [0.15, 0.2) is 11.5 Å². The molecule has 2 aromatic rings. The summed E-state index contributed by atoms with van der Waals surface area (Å²) in [5.41, 5.74) is 1.02. The molecule has 1 heterocycles. The molecule has 2 N–H and O–H groups in total. The predicted molar refractivity (Wildman–Crippen MR) is 81.1 cm³/mol. The van der Waals surface area contributed by atoms with Crippen molar-refractivity contribution >= 4 is 15.9 Å². The van der Waals surface area contributed by atoms with Gasteiger partial charge in [-0.05, 0) is 59.6 Å². The van der Waals surface area contributed by atoms with Crippen molar-refractivity contribution in [2.24, 2.45) is 0 Å². The summed E-state index contributed by atoms with van der Waals surface area (Å²) in [6.07, 6.45) is 0. The van der Waals surface area contributed by atoms with Crippen LogP contribution in [0.2, 0.25) is 0 Å². The fourth-order valence-electron chi connectivity index (χ4n) is 1.94. The van der Waals surface area contributed by atoms with Crippen LogP contribution in [0.1, 0.15) is 30.0 Å². The van der Waals surface area contributed by atoms with E-state index >= 15 is 0 Å².